The summed E-state index contributed by atoms with van der Waals surface area (Å²) in [6, 6.07) is 18.6. The van der Waals surface area contributed by atoms with Gasteiger partial charge in [0, 0.05) is 5.92 Å². The molecule has 4 aromatic rings. The predicted octanol–water partition coefficient (Wildman–Crippen LogP) is 13.0. The quantitative estimate of drug-likeness (QED) is 0.0590. The van der Waals surface area contributed by atoms with Gasteiger partial charge in [0.05, 0.1) is 21.2 Å². The van der Waals surface area contributed by atoms with E-state index in [1.54, 1.807) is 48.5 Å². The number of carboxylic acids is 4. The molecule has 0 bridgehead atoms. The van der Waals surface area contributed by atoms with Crippen molar-refractivity contribution in [2.45, 2.75) is 150 Å². The van der Waals surface area contributed by atoms with Crippen molar-refractivity contribution in [1.82, 2.24) is 0 Å². The summed E-state index contributed by atoms with van der Waals surface area (Å²) in [5.74, 6) is 0.899. The molecular weight excluding hydrogens is 987 g/mol. The number of carboxylic acid groups (broad SMARTS) is 4. The largest absolute Gasteiger partial charge is 1.00 e. The first-order chi connectivity index (χ1) is 34.8. The van der Waals surface area contributed by atoms with Crippen molar-refractivity contribution in [3.63, 3.8) is 0 Å². The van der Waals surface area contributed by atoms with Gasteiger partial charge in [-0.2, -0.15) is 0 Å². The third kappa shape index (κ3) is 12.5. The summed E-state index contributed by atoms with van der Waals surface area (Å²) < 4.78 is 12.0. The summed E-state index contributed by atoms with van der Waals surface area (Å²) in [7, 11) is 0. The Morgan fingerprint density at radius 1 is 0.608 bits per heavy atom. The number of halogens is 2. The predicted molar refractivity (Wildman–Crippen MR) is 285 cm³/mol. The molecule has 8 rings (SSSR count). The molecule has 1 unspecified atom stereocenters. The summed E-state index contributed by atoms with van der Waals surface area (Å²) in [6.07, 6.45) is 18.2. The molecule has 0 aromatic heterocycles. The van der Waals surface area contributed by atoms with Crippen LogP contribution in [-0.4, -0.2) is 44.3 Å². The normalized spacial score (nSPS) is 25.5. The minimum absolute atomic E-state index is 0. The molecule has 4 aliphatic rings. The summed E-state index contributed by atoms with van der Waals surface area (Å²) in [5.41, 5.74) is 3.09. The van der Waals surface area contributed by atoms with E-state index in [9.17, 15) is 39.6 Å². The molecule has 0 heterocycles. The molecule has 4 fully saturated rings. The Labute approximate surface area is 469 Å². The Kier molecular flexibility index (Phi) is 19.1. The SMILES string of the molecule is CC(C)CCCC(C)[C@H]1CC[C@H]2[C@@H]3CC[C@H]4C[C@@H](CCCC(c5cc(Cl)c(OCc6ccc(C(=O)O)cc6)c(C(=O)O)c5)c5cc(Cl)c(OCc6ccc(C(=O)O)cc6)c(C(=O)O)c5)CC[C@]4(C)[C@H]3CC[C@]12C.[Na+]. The van der Waals surface area contributed by atoms with Crippen molar-refractivity contribution in [3.8, 4) is 11.5 Å². The van der Waals surface area contributed by atoms with Crippen LogP contribution in [0.25, 0.3) is 0 Å². The van der Waals surface area contributed by atoms with Gasteiger partial charge in [0.15, 0.2) is 11.5 Å². The fourth-order valence-corrected chi connectivity index (χ4v) is 15.4. The van der Waals surface area contributed by atoms with Crippen LogP contribution < -0.4 is 39.0 Å². The minimum Gasteiger partial charge on any atom is -0.486 e. The van der Waals surface area contributed by atoms with Gasteiger partial charge in [-0.1, -0.05) is 114 Å². The number of hydrogen-bond donors (Lipinski definition) is 4. The van der Waals surface area contributed by atoms with Crippen LogP contribution in [-0.2, 0) is 13.2 Å². The van der Waals surface area contributed by atoms with Crippen LogP contribution in [0.3, 0.4) is 0 Å². The zero-order valence-electron chi connectivity index (χ0n) is 44.1. The molecule has 4 aromatic carbocycles. The van der Waals surface area contributed by atoms with Gasteiger partial charge in [-0.05, 0) is 193 Å². The molecule has 0 aliphatic heterocycles. The number of ether oxygens (including phenoxy) is 2. The smallest absolute Gasteiger partial charge is 0.486 e. The van der Waals surface area contributed by atoms with E-state index >= 15 is 0 Å². The number of hydrogen-bond acceptors (Lipinski definition) is 6. The van der Waals surface area contributed by atoms with Crippen LogP contribution >= 0.6 is 23.2 Å². The van der Waals surface area contributed by atoms with Crippen LogP contribution in [0.5, 0.6) is 11.5 Å². The first-order valence-corrected chi connectivity index (χ1v) is 27.6. The maximum absolute atomic E-state index is 13.0. The average Bonchev–Trinajstić information content (AvgIpc) is 3.71. The molecule has 10 nitrogen and oxygen atoms in total. The number of aromatic carboxylic acids is 4. The third-order valence-corrected chi connectivity index (χ3v) is 19.2. The molecule has 0 amide bonds. The van der Waals surface area contributed by atoms with E-state index in [1.165, 1.54) is 101 Å². The minimum atomic E-state index is -1.26. The Hall–Kier alpha value is -4.06. The zero-order chi connectivity index (χ0) is 52.4. The fourth-order valence-electron chi connectivity index (χ4n) is 14.8. The van der Waals surface area contributed by atoms with Gasteiger partial charge in [-0.25, -0.2) is 19.2 Å². The maximum Gasteiger partial charge on any atom is 1.00 e. The van der Waals surface area contributed by atoms with Gasteiger partial charge in [-0.15, -0.1) is 0 Å². The van der Waals surface area contributed by atoms with Crippen LogP contribution in [0.2, 0.25) is 10.0 Å². The van der Waals surface area contributed by atoms with Crippen molar-refractivity contribution in [2.75, 3.05) is 0 Å². The van der Waals surface area contributed by atoms with Gasteiger partial charge >= 0.3 is 53.4 Å². The van der Waals surface area contributed by atoms with E-state index in [1.807, 2.05) is 0 Å². The van der Waals surface area contributed by atoms with Gasteiger partial charge < -0.3 is 29.9 Å². The van der Waals surface area contributed by atoms with Gasteiger partial charge in [0.25, 0.3) is 0 Å². The Balaban J connectivity index is 0.00000800. The van der Waals surface area contributed by atoms with E-state index < -0.39 is 29.8 Å². The second-order valence-electron chi connectivity index (χ2n) is 23.3. The van der Waals surface area contributed by atoms with Crippen molar-refractivity contribution in [2.24, 2.45) is 58.2 Å². The van der Waals surface area contributed by atoms with Crippen LogP contribution in [0.4, 0.5) is 0 Å². The van der Waals surface area contributed by atoms with E-state index in [4.69, 9.17) is 32.7 Å². The molecule has 0 radical (unpaired) electrons. The number of carbonyl (C=O) groups is 4. The number of benzene rings is 4. The summed E-state index contributed by atoms with van der Waals surface area (Å²) in [4.78, 5) is 48.8. The monoisotopic (exact) mass is 1060 g/mol. The molecule has 4 N–H and O–H groups in total. The van der Waals surface area contributed by atoms with E-state index in [2.05, 4.69) is 34.6 Å². The van der Waals surface area contributed by atoms with Crippen molar-refractivity contribution >= 4 is 47.1 Å². The molecule has 4 aliphatic carbocycles. The zero-order valence-corrected chi connectivity index (χ0v) is 47.7. The summed E-state index contributed by atoms with van der Waals surface area (Å²) in [6.45, 7) is 12.4. The molecule has 4 saturated carbocycles. The fraction of sp³-hybridized carbons (Fsp3) is 0.541. The van der Waals surface area contributed by atoms with Gasteiger partial charge in [0.1, 0.15) is 24.3 Å². The standard InChI is InChI=1S/C61H74Cl2O10.Na/c1-35(2)8-6-9-36(3)49-22-23-50-46-21-20-44-28-37(24-26-60(44,4)51(46)25-27-61(49,50)5)10-7-11-45(42-29-47(58(68)69)54(52(62)31-42)72-33-38-12-16-40(17-13-38)56(64)65)43-30-48(59(70)71)55(53(63)32-43)73-34-39-14-18-41(19-15-39)57(66)67;/h12-19,29-32,35-37,44-46,49-51H,6-11,20-28,33-34H2,1-5H3,(H,64,65)(H,66,67)(H,68,69)(H,70,71);/q;+1/t36?,37-,44-,46-,49+,50-,51-,60-,61+;/m0./s1. The number of fused-ring (bicyclic) bond motifs is 5. The van der Waals surface area contributed by atoms with Crippen molar-refractivity contribution in [3.05, 3.63) is 127 Å². The maximum atomic E-state index is 13.0. The Morgan fingerprint density at radius 3 is 1.62 bits per heavy atom. The molecule has 392 valence electrons. The van der Waals surface area contributed by atoms with Crippen molar-refractivity contribution < 1.29 is 78.6 Å². The van der Waals surface area contributed by atoms with Crippen LogP contribution in [0, 0.1) is 58.2 Å². The molecule has 74 heavy (non-hydrogen) atoms. The second kappa shape index (κ2) is 24.5. The van der Waals surface area contributed by atoms with E-state index in [0.29, 0.717) is 51.3 Å². The molecule has 0 saturated heterocycles. The number of rotatable bonds is 21. The van der Waals surface area contributed by atoms with E-state index in [0.717, 1.165) is 48.3 Å². The first-order valence-electron chi connectivity index (χ1n) is 26.8. The first kappa shape index (κ1) is 57.6. The van der Waals surface area contributed by atoms with Crippen LogP contribution in [0.1, 0.15) is 201 Å². The van der Waals surface area contributed by atoms with Crippen molar-refractivity contribution in [1.29, 1.82) is 0 Å². The average molecular weight is 1060 g/mol. The van der Waals surface area contributed by atoms with E-state index in [-0.39, 0.29) is 86.6 Å². The molecule has 13 heteroatoms. The van der Waals surface area contributed by atoms with Gasteiger partial charge in [0.2, 0.25) is 0 Å². The molecular formula is C61H74Cl2NaO10+. The topological polar surface area (TPSA) is 168 Å². The third-order valence-electron chi connectivity index (χ3n) is 18.6. The second-order valence-corrected chi connectivity index (χ2v) is 24.1. The molecule has 9 atom stereocenters. The summed E-state index contributed by atoms with van der Waals surface area (Å²) >= 11 is 13.9. The molecule has 0 spiro atoms. The Morgan fingerprint density at radius 2 is 1.12 bits per heavy atom. The van der Waals surface area contributed by atoms with Gasteiger partial charge in [-0.3, -0.25) is 0 Å². The Bertz CT molecular complexity index is 2520. The summed E-state index contributed by atoms with van der Waals surface area (Å²) in [5, 5.41) is 40.0. The van der Waals surface area contributed by atoms with Crippen LogP contribution in [0.15, 0.2) is 72.8 Å².